The van der Waals surface area contributed by atoms with Crippen molar-refractivity contribution in [3.8, 4) is 11.5 Å². The SMILES string of the molecule is CCCNC(CCOCCC)c1c(OC)cccc1OC. The lowest BCUT2D eigenvalue weighted by molar-refractivity contribution is 0.124. The second-order valence-electron chi connectivity index (χ2n) is 4.98. The number of ether oxygens (including phenoxy) is 3. The number of hydrogen-bond acceptors (Lipinski definition) is 4. The molecule has 120 valence electrons. The Bertz CT molecular complexity index is 373. The van der Waals surface area contributed by atoms with Crippen LogP contribution in [0.1, 0.15) is 44.7 Å². The molecule has 0 amide bonds. The molecule has 1 atom stereocenters. The van der Waals surface area contributed by atoms with Crippen molar-refractivity contribution in [1.82, 2.24) is 5.32 Å². The molecule has 0 aliphatic heterocycles. The van der Waals surface area contributed by atoms with Gasteiger partial charge in [0.05, 0.1) is 19.8 Å². The molecule has 1 rings (SSSR count). The second-order valence-corrected chi connectivity index (χ2v) is 4.98. The van der Waals surface area contributed by atoms with Crippen LogP contribution in [0.25, 0.3) is 0 Å². The largest absolute Gasteiger partial charge is 0.496 e. The zero-order valence-electron chi connectivity index (χ0n) is 13.8. The molecule has 1 N–H and O–H groups in total. The third kappa shape index (κ3) is 5.56. The molecular weight excluding hydrogens is 266 g/mol. The van der Waals surface area contributed by atoms with Crippen LogP contribution >= 0.6 is 0 Å². The minimum atomic E-state index is 0.174. The van der Waals surface area contributed by atoms with Crippen molar-refractivity contribution >= 4 is 0 Å². The van der Waals surface area contributed by atoms with Crippen LogP contribution in [0.3, 0.4) is 0 Å². The van der Waals surface area contributed by atoms with Crippen molar-refractivity contribution in [1.29, 1.82) is 0 Å². The van der Waals surface area contributed by atoms with E-state index < -0.39 is 0 Å². The van der Waals surface area contributed by atoms with Gasteiger partial charge in [-0.25, -0.2) is 0 Å². The van der Waals surface area contributed by atoms with Gasteiger partial charge in [-0.15, -0.1) is 0 Å². The summed E-state index contributed by atoms with van der Waals surface area (Å²) in [5.41, 5.74) is 1.08. The van der Waals surface area contributed by atoms with Crippen molar-refractivity contribution in [2.45, 2.75) is 39.2 Å². The zero-order chi connectivity index (χ0) is 15.5. The molecule has 0 fully saturated rings. The quantitative estimate of drug-likeness (QED) is 0.634. The monoisotopic (exact) mass is 295 g/mol. The molecule has 0 heterocycles. The first kappa shape index (κ1) is 17.8. The van der Waals surface area contributed by atoms with Gasteiger partial charge in [0.15, 0.2) is 0 Å². The molecule has 1 aromatic carbocycles. The van der Waals surface area contributed by atoms with E-state index in [1.807, 2.05) is 18.2 Å². The molecule has 21 heavy (non-hydrogen) atoms. The highest BCUT2D eigenvalue weighted by Crippen LogP contribution is 2.35. The van der Waals surface area contributed by atoms with E-state index in [-0.39, 0.29) is 6.04 Å². The molecule has 0 saturated carbocycles. The second kappa shape index (κ2) is 10.5. The molecule has 0 aliphatic rings. The van der Waals surface area contributed by atoms with Gasteiger partial charge >= 0.3 is 0 Å². The smallest absolute Gasteiger partial charge is 0.127 e. The highest BCUT2D eigenvalue weighted by atomic mass is 16.5. The zero-order valence-corrected chi connectivity index (χ0v) is 13.8. The Balaban J connectivity index is 2.89. The van der Waals surface area contributed by atoms with Crippen LogP contribution in [0.2, 0.25) is 0 Å². The fourth-order valence-corrected chi connectivity index (χ4v) is 2.34. The molecule has 0 bridgehead atoms. The fourth-order valence-electron chi connectivity index (χ4n) is 2.34. The lowest BCUT2D eigenvalue weighted by Crippen LogP contribution is -2.24. The van der Waals surface area contributed by atoms with Crippen LogP contribution in [0.4, 0.5) is 0 Å². The first-order chi connectivity index (χ1) is 10.3. The highest BCUT2D eigenvalue weighted by Gasteiger charge is 2.20. The summed E-state index contributed by atoms with van der Waals surface area (Å²) >= 11 is 0. The van der Waals surface area contributed by atoms with E-state index in [0.29, 0.717) is 0 Å². The third-order valence-electron chi connectivity index (χ3n) is 3.35. The van der Waals surface area contributed by atoms with Crippen LogP contribution in [0.15, 0.2) is 18.2 Å². The third-order valence-corrected chi connectivity index (χ3v) is 3.35. The van der Waals surface area contributed by atoms with Gasteiger partial charge in [-0.1, -0.05) is 19.9 Å². The van der Waals surface area contributed by atoms with Crippen LogP contribution in [0.5, 0.6) is 11.5 Å². The summed E-state index contributed by atoms with van der Waals surface area (Å²) in [7, 11) is 3.39. The number of benzene rings is 1. The van der Waals surface area contributed by atoms with Gasteiger partial charge in [0.25, 0.3) is 0 Å². The van der Waals surface area contributed by atoms with Gasteiger partial charge in [0.2, 0.25) is 0 Å². The van der Waals surface area contributed by atoms with Gasteiger partial charge in [0, 0.05) is 19.3 Å². The van der Waals surface area contributed by atoms with Crippen LogP contribution in [-0.2, 0) is 4.74 Å². The van der Waals surface area contributed by atoms with E-state index in [0.717, 1.165) is 56.1 Å². The predicted octanol–water partition coefficient (Wildman–Crippen LogP) is 3.56. The summed E-state index contributed by atoms with van der Waals surface area (Å²) in [6, 6.07) is 6.08. The molecule has 4 nitrogen and oxygen atoms in total. The number of nitrogens with one attached hydrogen (secondary N) is 1. The summed E-state index contributed by atoms with van der Waals surface area (Å²) in [6.45, 7) is 6.78. The summed E-state index contributed by atoms with van der Waals surface area (Å²) < 4.78 is 16.7. The molecule has 0 spiro atoms. The van der Waals surface area contributed by atoms with Gasteiger partial charge in [-0.05, 0) is 37.9 Å². The van der Waals surface area contributed by atoms with Gasteiger partial charge in [-0.2, -0.15) is 0 Å². The van der Waals surface area contributed by atoms with Crippen LogP contribution < -0.4 is 14.8 Å². The molecule has 1 aromatic rings. The van der Waals surface area contributed by atoms with Crippen LogP contribution in [-0.4, -0.2) is 34.0 Å². The lowest BCUT2D eigenvalue weighted by Gasteiger charge is -2.23. The molecular formula is C17H29NO3. The van der Waals surface area contributed by atoms with E-state index >= 15 is 0 Å². The maximum absolute atomic E-state index is 5.64. The predicted molar refractivity (Wildman–Crippen MR) is 86.3 cm³/mol. The van der Waals surface area contributed by atoms with Gasteiger partial charge in [-0.3, -0.25) is 0 Å². The topological polar surface area (TPSA) is 39.7 Å². The molecule has 0 radical (unpaired) electrons. The van der Waals surface area contributed by atoms with E-state index in [9.17, 15) is 0 Å². The number of rotatable bonds is 11. The van der Waals surface area contributed by atoms with Gasteiger partial charge in [0.1, 0.15) is 11.5 Å². The Morgan fingerprint density at radius 1 is 1.00 bits per heavy atom. The average Bonchev–Trinajstić information content (AvgIpc) is 2.53. The van der Waals surface area contributed by atoms with Crippen molar-refractivity contribution in [3.05, 3.63) is 23.8 Å². The number of hydrogen-bond donors (Lipinski definition) is 1. The number of methoxy groups -OCH3 is 2. The summed E-state index contributed by atoms with van der Waals surface area (Å²) in [6.07, 6.45) is 3.03. The van der Waals surface area contributed by atoms with Crippen LogP contribution in [0, 0.1) is 0 Å². The summed E-state index contributed by atoms with van der Waals surface area (Å²) in [5, 5.41) is 3.57. The molecule has 0 saturated heterocycles. The standard InChI is InChI=1S/C17H29NO3/c1-5-11-18-14(10-13-21-12-6-2)17-15(19-3)8-7-9-16(17)20-4/h7-9,14,18H,5-6,10-13H2,1-4H3. The summed E-state index contributed by atoms with van der Waals surface area (Å²) in [5.74, 6) is 1.72. The minimum Gasteiger partial charge on any atom is -0.496 e. The highest BCUT2D eigenvalue weighted by molar-refractivity contribution is 5.47. The summed E-state index contributed by atoms with van der Waals surface area (Å²) in [4.78, 5) is 0. The van der Waals surface area contributed by atoms with E-state index in [1.54, 1.807) is 14.2 Å². The molecule has 0 aliphatic carbocycles. The Kier molecular flexibility index (Phi) is 8.87. The van der Waals surface area contributed by atoms with Crippen molar-refractivity contribution in [2.24, 2.45) is 0 Å². The first-order valence-electron chi connectivity index (χ1n) is 7.80. The van der Waals surface area contributed by atoms with Crippen molar-refractivity contribution in [2.75, 3.05) is 34.0 Å². The molecule has 0 aromatic heterocycles. The maximum Gasteiger partial charge on any atom is 0.127 e. The first-order valence-corrected chi connectivity index (χ1v) is 7.80. The maximum atomic E-state index is 5.64. The Labute approximate surface area is 128 Å². The van der Waals surface area contributed by atoms with Gasteiger partial charge < -0.3 is 19.5 Å². The minimum absolute atomic E-state index is 0.174. The van der Waals surface area contributed by atoms with E-state index in [1.165, 1.54) is 0 Å². The van der Waals surface area contributed by atoms with E-state index in [2.05, 4.69) is 19.2 Å². The van der Waals surface area contributed by atoms with Crippen molar-refractivity contribution < 1.29 is 14.2 Å². The Morgan fingerprint density at radius 2 is 1.67 bits per heavy atom. The normalized spacial score (nSPS) is 12.2. The van der Waals surface area contributed by atoms with E-state index in [4.69, 9.17) is 14.2 Å². The molecule has 1 unspecified atom stereocenters. The Hall–Kier alpha value is -1.26. The average molecular weight is 295 g/mol. The Morgan fingerprint density at radius 3 is 2.19 bits per heavy atom. The fraction of sp³-hybridized carbons (Fsp3) is 0.647. The van der Waals surface area contributed by atoms with Crippen molar-refractivity contribution in [3.63, 3.8) is 0 Å². The molecule has 4 heteroatoms. The lowest BCUT2D eigenvalue weighted by atomic mass is 10.0.